The fourth-order valence-electron chi connectivity index (χ4n) is 3.76. The zero-order valence-corrected chi connectivity index (χ0v) is 17.8. The van der Waals surface area contributed by atoms with Crippen LogP contribution in [0.1, 0.15) is 19.8 Å². The Hall–Kier alpha value is -1.44. The molecule has 13 heteroatoms. The van der Waals surface area contributed by atoms with Crippen LogP contribution in [-0.2, 0) is 24.3 Å². The number of rotatable bonds is 4. The fourth-order valence-corrected chi connectivity index (χ4v) is 5.30. The van der Waals surface area contributed by atoms with Crippen molar-refractivity contribution in [2.75, 3.05) is 52.1 Å². The van der Waals surface area contributed by atoms with Crippen molar-refractivity contribution in [3.05, 3.63) is 0 Å². The van der Waals surface area contributed by atoms with Crippen molar-refractivity contribution < 1.29 is 41.0 Å². The lowest BCUT2D eigenvalue weighted by Crippen LogP contribution is -2.52. The SMILES string of the molecule is CCCS(=O)(=O)N1C[C@H]2C[C@H](C(=O)N3CCN(C)CC3)[C@@H](C1)O2.O=C(O)C(F)(F)F. The Morgan fingerprint density at radius 2 is 1.70 bits per heavy atom. The number of aliphatic carboxylic acids is 1. The summed E-state index contributed by atoms with van der Waals surface area (Å²) >= 11 is 0. The fraction of sp³-hybridized carbons (Fsp3) is 0.882. The van der Waals surface area contributed by atoms with Gasteiger partial charge in [-0.1, -0.05) is 6.92 Å². The van der Waals surface area contributed by atoms with Crippen molar-refractivity contribution in [2.24, 2.45) is 5.92 Å². The van der Waals surface area contributed by atoms with E-state index in [4.69, 9.17) is 14.6 Å². The third kappa shape index (κ3) is 6.28. The summed E-state index contributed by atoms with van der Waals surface area (Å²) in [7, 11) is -1.16. The topological polar surface area (TPSA) is 107 Å². The molecular weight excluding hydrogens is 431 g/mol. The molecule has 0 aromatic rings. The van der Waals surface area contributed by atoms with Crippen molar-refractivity contribution in [3.63, 3.8) is 0 Å². The van der Waals surface area contributed by atoms with E-state index in [0.717, 1.165) is 26.2 Å². The van der Waals surface area contributed by atoms with Crippen LogP contribution in [0.25, 0.3) is 0 Å². The van der Waals surface area contributed by atoms with Crippen LogP contribution in [0.4, 0.5) is 13.2 Å². The number of hydrogen-bond donors (Lipinski definition) is 1. The summed E-state index contributed by atoms with van der Waals surface area (Å²) in [4.78, 5) is 25.8. The lowest BCUT2D eigenvalue weighted by Gasteiger charge is -2.35. The first-order valence-electron chi connectivity index (χ1n) is 9.76. The van der Waals surface area contributed by atoms with Crippen LogP contribution in [0, 0.1) is 5.92 Å². The van der Waals surface area contributed by atoms with E-state index in [2.05, 4.69) is 11.9 Å². The average Bonchev–Trinajstić information content (AvgIpc) is 2.95. The van der Waals surface area contributed by atoms with Gasteiger partial charge in [0.2, 0.25) is 15.9 Å². The lowest BCUT2D eigenvalue weighted by atomic mass is 9.98. The second kappa shape index (κ2) is 9.79. The molecule has 0 saturated carbocycles. The molecule has 0 unspecified atom stereocenters. The van der Waals surface area contributed by atoms with E-state index in [1.807, 2.05) is 11.8 Å². The van der Waals surface area contributed by atoms with Gasteiger partial charge in [-0.15, -0.1) is 0 Å². The van der Waals surface area contributed by atoms with Crippen molar-refractivity contribution >= 4 is 21.9 Å². The average molecular weight is 459 g/mol. The molecular formula is C17H28F3N3O6S. The third-order valence-electron chi connectivity index (χ3n) is 5.35. The standard InChI is InChI=1S/C15H27N3O4S.C2HF3O2/c1-3-8-23(20,21)18-10-12-9-13(14(11-18)22-12)15(19)17-6-4-16(2)5-7-17;3-2(4,5)1(6)7/h12-14H,3-11H2,1-2H3;(H,6,7)/t12-,13+,14-;/m1./s1. The van der Waals surface area contributed by atoms with Gasteiger partial charge in [-0.25, -0.2) is 13.2 Å². The number of morpholine rings is 1. The highest BCUT2D eigenvalue weighted by molar-refractivity contribution is 7.89. The summed E-state index contributed by atoms with van der Waals surface area (Å²) in [6, 6.07) is 0. The summed E-state index contributed by atoms with van der Waals surface area (Å²) in [5.74, 6) is -2.64. The molecule has 0 aromatic carbocycles. The minimum atomic E-state index is -5.08. The minimum Gasteiger partial charge on any atom is -0.475 e. The number of halogens is 3. The van der Waals surface area contributed by atoms with Crippen LogP contribution < -0.4 is 0 Å². The summed E-state index contributed by atoms with van der Waals surface area (Å²) in [6.45, 7) is 5.87. The van der Waals surface area contributed by atoms with E-state index in [0.29, 0.717) is 25.9 Å². The summed E-state index contributed by atoms with van der Waals surface area (Å²) < 4.78 is 63.7. The number of sulfonamides is 1. The van der Waals surface area contributed by atoms with E-state index in [-0.39, 0.29) is 29.8 Å². The Bertz CT molecular complexity index is 725. The van der Waals surface area contributed by atoms with Gasteiger partial charge in [0, 0.05) is 39.3 Å². The molecule has 174 valence electrons. The number of ether oxygens (including phenoxy) is 1. The van der Waals surface area contributed by atoms with Crippen LogP contribution in [-0.4, -0.2) is 110 Å². The van der Waals surface area contributed by atoms with E-state index in [1.165, 1.54) is 4.31 Å². The van der Waals surface area contributed by atoms with Crippen molar-refractivity contribution in [1.82, 2.24) is 14.1 Å². The minimum absolute atomic E-state index is 0.137. The third-order valence-corrected chi connectivity index (χ3v) is 7.36. The smallest absolute Gasteiger partial charge is 0.475 e. The van der Waals surface area contributed by atoms with Gasteiger partial charge in [0.25, 0.3) is 0 Å². The quantitative estimate of drug-likeness (QED) is 0.641. The van der Waals surface area contributed by atoms with Crippen LogP contribution >= 0.6 is 0 Å². The van der Waals surface area contributed by atoms with Crippen LogP contribution in [0.3, 0.4) is 0 Å². The Balaban J connectivity index is 0.000000396. The lowest BCUT2D eigenvalue weighted by molar-refractivity contribution is -0.192. The Morgan fingerprint density at radius 1 is 1.13 bits per heavy atom. The molecule has 3 aliphatic rings. The zero-order chi connectivity index (χ0) is 22.7. The number of amides is 1. The molecule has 2 bridgehead atoms. The highest BCUT2D eigenvalue weighted by Crippen LogP contribution is 2.34. The van der Waals surface area contributed by atoms with Crippen LogP contribution in [0.15, 0.2) is 0 Å². The number of nitrogens with zero attached hydrogens (tertiary/aromatic N) is 3. The molecule has 1 amide bonds. The Kier molecular flexibility index (Phi) is 8.10. The van der Waals surface area contributed by atoms with Crippen molar-refractivity contribution in [2.45, 2.75) is 38.1 Å². The van der Waals surface area contributed by atoms with Gasteiger partial charge in [-0.2, -0.15) is 17.5 Å². The summed E-state index contributed by atoms with van der Waals surface area (Å²) in [5.41, 5.74) is 0. The van der Waals surface area contributed by atoms with Gasteiger partial charge in [0.05, 0.1) is 23.9 Å². The molecule has 30 heavy (non-hydrogen) atoms. The number of carboxylic acids is 1. The number of carboxylic acid groups (broad SMARTS) is 1. The molecule has 0 aliphatic carbocycles. The Morgan fingerprint density at radius 3 is 2.20 bits per heavy atom. The predicted molar refractivity (Wildman–Crippen MR) is 100 cm³/mol. The molecule has 0 aromatic heterocycles. The number of likely N-dealkylation sites (N-methyl/N-ethyl adjacent to an activating group) is 1. The molecule has 3 aliphatic heterocycles. The Labute approximate surface area is 173 Å². The van der Waals surface area contributed by atoms with Crippen molar-refractivity contribution in [3.8, 4) is 0 Å². The van der Waals surface area contributed by atoms with E-state index < -0.39 is 22.2 Å². The number of hydrogen-bond acceptors (Lipinski definition) is 6. The van der Waals surface area contributed by atoms with Crippen LogP contribution in [0.5, 0.6) is 0 Å². The normalized spacial score (nSPS) is 28.0. The molecule has 9 nitrogen and oxygen atoms in total. The van der Waals surface area contributed by atoms with E-state index in [9.17, 15) is 26.4 Å². The molecule has 3 heterocycles. The monoisotopic (exact) mass is 459 g/mol. The van der Waals surface area contributed by atoms with E-state index >= 15 is 0 Å². The second-order valence-corrected chi connectivity index (χ2v) is 9.79. The maximum absolute atomic E-state index is 12.8. The number of fused-ring (bicyclic) bond motifs is 2. The van der Waals surface area contributed by atoms with Crippen LogP contribution in [0.2, 0.25) is 0 Å². The molecule has 1 N–H and O–H groups in total. The number of piperazine rings is 1. The van der Waals surface area contributed by atoms with Crippen molar-refractivity contribution in [1.29, 1.82) is 0 Å². The second-order valence-electron chi connectivity index (χ2n) is 7.70. The number of carbonyl (C=O) groups excluding carboxylic acids is 1. The summed E-state index contributed by atoms with van der Waals surface area (Å²) in [5, 5.41) is 7.12. The highest BCUT2D eigenvalue weighted by Gasteiger charge is 2.48. The highest BCUT2D eigenvalue weighted by atomic mass is 32.2. The molecule has 0 radical (unpaired) electrons. The first-order chi connectivity index (χ1) is 13.8. The molecule has 3 saturated heterocycles. The first kappa shape index (κ1) is 24.8. The van der Waals surface area contributed by atoms with Gasteiger partial charge in [0.1, 0.15) is 0 Å². The maximum atomic E-state index is 12.8. The van der Waals surface area contributed by atoms with Gasteiger partial charge in [0.15, 0.2) is 0 Å². The molecule has 3 rings (SSSR count). The maximum Gasteiger partial charge on any atom is 0.490 e. The van der Waals surface area contributed by atoms with E-state index in [1.54, 1.807) is 0 Å². The largest absolute Gasteiger partial charge is 0.490 e. The summed E-state index contributed by atoms with van der Waals surface area (Å²) in [6.07, 6.45) is -4.25. The molecule has 3 fully saturated rings. The first-order valence-corrected chi connectivity index (χ1v) is 11.4. The zero-order valence-electron chi connectivity index (χ0n) is 17.0. The molecule has 3 atom stereocenters. The van der Waals surface area contributed by atoms with Gasteiger partial charge in [-0.05, 0) is 19.9 Å². The number of carbonyl (C=O) groups is 2. The van der Waals surface area contributed by atoms with Gasteiger partial charge >= 0.3 is 12.1 Å². The van der Waals surface area contributed by atoms with Gasteiger partial charge < -0.3 is 19.6 Å². The molecule has 0 spiro atoms. The van der Waals surface area contributed by atoms with Gasteiger partial charge in [-0.3, -0.25) is 4.79 Å². The predicted octanol–water partition coefficient (Wildman–Crippen LogP) is 0.223. The number of alkyl halides is 3.